The van der Waals surface area contributed by atoms with Crippen molar-refractivity contribution < 1.29 is 13.2 Å². The van der Waals surface area contributed by atoms with E-state index >= 15 is 0 Å². The molecule has 1 aromatic heterocycles. The van der Waals surface area contributed by atoms with Gasteiger partial charge in [0.1, 0.15) is 0 Å². The Balaban J connectivity index is 2.58. The SMILES string of the molecule is CCn1nc(C(F)(F)F)c2c1CCCC2C. The molecular formula is C11H15F3N2. The summed E-state index contributed by atoms with van der Waals surface area (Å²) < 4.78 is 40.0. The Hall–Kier alpha value is -1.00. The summed E-state index contributed by atoms with van der Waals surface area (Å²) >= 11 is 0. The maximum absolute atomic E-state index is 12.8. The van der Waals surface area contributed by atoms with E-state index in [9.17, 15) is 13.2 Å². The molecule has 1 heterocycles. The summed E-state index contributed by atoms with van der Waals surface area (Å²) in [6, 6.07) is 0. The molecule has 0 N–H and O–H groups in total. The number of hydrogen-bond donors (Lipinski definition) is 0. The van der Waals surface area contributed by atoms with Crippen LogP contribution in [0, 0.1) is 0 Å². The van der Waals surface area contributed by atoms with E-state index < -0.39 is 11.9 Å². The maximum Gasteiger partial charge on any atom is 0.435 e. The van der Waals surface area contributed by atoms with Gasteiger partial charge in [-0.3, -0.25) is 4.68 Å². The Kier molecular flexibility index (Phi) is 2.72. The number of rotatable bonds is 1. The van der Waals surface area contributed by atoms with Crippen molar-refractivity contribution in [2.75, 3.05) is 0 Å². The Bertz CT molecular complexity index is 393. The molecule has 0 spiro atoms. The number of aryl methyl sites for hydroxylation is 1. The first kappa shape index (κ1) is 11.5. The lowest BCUT2D eigenvalue weighted by atomic mass is 9.86. The molecule has 16 heavy (non-hydrogen) atoms. The highest BCUT2D eigenvalue weighted by atomic mass is 19.4. The lowest BCUT2D eigenvalue weighted by Crippen LogP contribution is -2.14. The summed E-state index contributed by atoms with van der Waals surface area (Å²) in [7, 11) is 0. The number of halogens is 3. The summed E-state index contributed by atoms with van der Waals surface area (Å²) in [6.45, 7) is 4.19. The molecule has 1 atom stereocenters. The van der Waals surface area contributed by atoms with Crippen molar-refractivity contribution >= 4 is 0 Å². The van der Waals surface area contributed by atoms with Crippen molar-refractivity contribution in [3.8, 4) is 0 Å². The van der Waals surface area contributed by atoms with Gasteiger partial charge in [-0.05, 0) is 32.1 Å². The zero-order chi connectivity index (χ0) is 11.9. The van der Waals surface area contributed by atoms with Gasteiger partial charge in [-0.15, -0.1) is 0 Å². The smallest absolute Gasteiger partial charge is 0.269 e. The first-order valence-corrected chi connectivity index (χ1v) is 5.62. The summed E-state index contributed by atoms with van der Waals surface area (Å²) in [5.41, 5.74) is 0.547. The van der Waals surface area contributed by atoms with Crippen molar-refractivity contribution in [1.29, 1.82) is 0 Å². The van der Waals surface area contributed by atoms with E-state index in [1.54, 1.807) is 0 Å². The van der Waals surface area contributed by atoms with Crippen LogP contribution in [0.25, 0.3) is 0 Å². The summed E-state index contributed by atoms with van der Waals surface area (Å²) in [5.74, 6) is -0.0272. The van der Waals surface area contributed by atoms with Crippen LogP contribution in [0.3, 0.4) is 0 Å². The van der Waals surface area contributed by atoms with E-state index in [4.69, 9.17) is 0 Å². The van der Waals surface area contributed by atoms with Crippen molar-refractivity contribution in [1.82, 2.24) is 9.78 Å². The molecular weight excluding hydrogens is 217 g/mol. The highest BCUT2D eigenvalue weighted by Gasteiger charge is 2.41. The van der Waals surface area contributed by atoms with Crippen LogP contribution in [0.2, 0.25) is 0 Å². The Morgan fingerprint density at radius 2 is 2.12 bits per heavy atom. The highest BCUT2D eigenvalue weighted by molar-refractivity contribution is 5.34. The quantitative estimate of drug-likeness (QED) is 0.726. The fraction of sp³-hybridized carbons (Fsp3) is 0.727. The minimum Gasteiger partial charge on any atom is -0.269 e. The normalized spacial score (nSPS) is 20.9. The van der Waals surface area contributed by atoms with Gasteiger partial charge in [0.05, 0.1) is 0 Å². The van der Waals surface area contributed by atoms with Gasteiger partial charge in [-0.1, -0.05) is 6.92 Å². The second kappa shape index (κ2) is 3.79. The molecule has 2 rings (SSSR count). The minimum atomic E-state index is -4.32. The first-order chi connectivity index (χ1) is 7.45. The summed E-state index contributed by atoms with van der Waals surface area (Å²) in [5, 5.41) is 3.72. The molecule has 0 fully saturated rings. The standard InChI is InChI=1S/C11H15F3N2/c1-3-16-8-6-4-5-7(2)9(8)10(15-16)11(12,13)14/h7H,3-6H2,1-2H3. The van der Waals surface area contributed by atoms with Crippen LogP contribution in [0.5, 0.6) is 0 Å². The number of hydrogen-bond acceptors (Lipinski definition) is 1. The molecule has 1 aromatic rings. The molecule has 0 saturated heterocycles. The van der Waals surface area contributed by atoms with Gasteiger partial charge in [-0.2, -0.15) is 18.3 Å². The van der Waals surface area contributed by atoms with Gasteiger partial charge < -0.3 is 0 Å². The molecule has 0 aromatic carbocycles. The first-order valence-electron chi connectivity index (χ1n) is 5.62. The monoisotopic (exact) mass is 232 g/mol. The van der Waals surface area contributed by atoms with Gasteiger partial charge in [0, 0.05) is 17.8 Å². The molecule has 2 nitrogen and oxygen atoms in total. The zero-order valence-corrected chi connectivity index (χ0v) is 9.43. The summed E-state index contributed by atoms with van der Waals surface area (Å²) in [6.07, 6.45) is -1.82. The van der Waals surface area contributed by atoms with Gasteiger partial charge in [0.25, 0.3) is 0 Å². The second-order valence-electron chi connectivity index (χ2n) is 4.32. The van der Waals surface area contributed by atoms with Gasteiger partial charge >= 0.3 is 6.18 Å². The van der Waals surface area contributed by atoms with Crippen LogP contribution in [-0.2, 0) is 19.1 Å². The second-order valence-corrected chi connectivity index (χ2v) is 4.32. The third kappa shape index (κ3) is 1.72. The van der Waals surface area contributed by atoms with E-state index in [1.165, 1.54) is 4.68 Å². The van der Waals surface area contributed by atoms with E-state index in [1.807, 2.05) is 13.8 Å². The molecule has 1 aliphatic rings. The number of alkyl halides is 3. The van der Waals surface area contributed by atoms with Gasteiger partial charge in [0.2, 0.25) is 0 Å². The number of fused-ring (bicyclic) bond motifs is 1. The average Bonchev–Trinajstić information content (AvgIpc) is 2.57. The van der Waals surface area contributed by atoms with Crippen LogP contribution < -0.4 is 0 Å². The molecule has 0 saturated carbocycles. The minimum absolute atomic E-state index is 0.0272. The average molecular weight is 232 g/mol. The molecule has 90 valence electrons. The largest absolute Gasteiger partial charge is 0.435 e. The Morgan fingerprint density at radius 1 is 1.44 bits per heavy atom. The van der Waals surface area contributed by atoms with Crippen LogP contribution in [0.15, 0.2) is 0 Å². The maximum atomic E-state index is 12.8. The predicted octanol–water partition coefficient (Wildman–Crippen LogP) is 3.36. The number of aromatic nitrogens is 2. The number of nitrogens with zero attached hydrogens (tertiary/aromatic N) is 2. The van der Waals surface area contributed by atoms with Crippen LogP contribution in [-0.4, -0.2) is 9.78 Å². The lowest BCUT2D eigenvalue weighted by Gasteiger charge is -2.20. The fourth-order valence-corrected chi connectivity index (χ4v) is 2.48. The van der Waals surface area contributed by atoms with E-state index in [0.717, 1.165) is 25.0 Å². The molecule has 0 radical (unpaired) electrons. The molecule has 0 bridgehead atoms. The Morgan fingerprint density at radius 3 is 2.69 bits per heavy atom. The molecule has 0 aliphatic heterocycles. The Labute approximate surface area is 92.4 Å². The van der Waals surface area contributed by atoms with Crippen LogP contribution in [0.4, 0.5) is 13.2 Å². The van der Waals surface area contributed by atoms with E-state index in [2.05, 4.69) is 5.10 Å². The third-order valence-corrected chi connectivity index (χ3v) is 3.21. The van der Waals surface area contributed by atoms with E-state index in [-0.39, 0.29) is 5.92 Å². The van der Waals surface area contributed by atoms with Crippen molar-refractivity contribution in [3.05, 3.63) is 17.0 Å². The fourth-order valence-electron chi connectivity index (χ4n) is 2.48. The van der Waals surface area contributed by atoms with Gasteiger partial charge in [0.15, 0.2) is 5.69 Å². The molecule has 5 heteroatoms. The van der Waals surface area contributed by atoms with Gasteiger partial charge in [-0.25, -0.2) is 0 Å². The zero-order valence-electron chi connectivity index (χ0n) is 9.43. The van der Waals surface area contributed by atoms with Crippen molar-refractivity contribution in [2.45, 2.75) is 51.7 Å². The summed E-state index contributed by atoms with van der Waals surface area (Å²) in [4.78, 5) is 0. The highest BCUT2D eigenvalue weighted by Crippen LogP contribution is 2.40. The van der Waals surface area contributed by atoms with Crippen molar-refractivity contribution in [2.24, 2.45) is 0 Å². The predicted molar refractivity (Wildman–Crippen MR) is 54.3 cm³/mol. The van der Waals surface area contributed by atoms with Crippen molar-refractivity contribution in [3.63, 3.8) is 0 Å². The third-order valence-electron chi connectivity index (χ3n) is 3.21. The molecule has 0 amide bonds. The van der Waals surface area contributed by atoms with Crippen LogP contribution in [0.1, 0.15) is 49.6 Å². The van der Waals surface area contributed by atoms with Crippen LogP contribution >= 0.6 is 0 Å². The molecule has 1 unspecified atom stereocenters. The molecule has 1 aliphatic carbocycles. The lowest BCUT2D eigenvalue weighted by molar-refractivity contribution is -0.142. The topological polar surface area (TPSA) is 17.8 Å². The van der Waals surface area contributed by atoms with E-state index in [0.29, 0.717) is 12.1 Å².